The third kappa shape index (κ3) is 7.09. The third-order valence-electron chi connectivity index (χ3n) is 4.73. The number of para-hydroxylation sites is 1. The number of nitrogens with one attached hydrogen (secondary N) is 2. The molecule has 3 aromatic rings. The predicted molar refractivity (Wildman–Crippen MR) is 140 cm³/mol. The minimum absolute atomic E-state index is 0.0904. The van der Waals surface area contributed by atoms with Gasteiger partial charge < -0.3 is 20.1 Å². The Morgan fingerprint density at radius 1 is 1.11 bits per heavy atom. The van der Waals surface area contributed by atoms with Gasteiger partial charge in [-0.3, -0.25) is 9.59 Å². The normalized spacial score (nSPS) is 10.8. The molecule has 0 aliphatic rings. The monoisotopic (exact) mass is 553 g/mol. The first-order valence-electron chi connectivity index (χ1n) is 10.3. The van der Waals surface area contributed by atoms with Gasteiger partial charge in [0.2, 0.25) is 0 Å². The summed E-state index contributed by atoms with van der Waals surface area (Å²) in [6.45, 7) is 1.65. The number of nitriles is 1. The average molecular weight is 555 g/mol. The summed E-state index contributed by atoms with van der Waals surface area (Å²) in [4.78, 5) is 24.9. The Morgan fingerprint density at radius 3 is 2.49 bits per heavy atom. The zero-order chi connectivity index (χ0) is 25.4. The number of halogens is 2. The van der Waals surface area contributed by atoms with Gasteiger partial charge in [-0.05, 0) is 70.9 Å². The van der Waals surface area contributed by atoms with Crippen molar-refractivity contribution in [1.82, 2.24) is 0 Å². The van der Waals surface area contributed by atoms with Gasteiger partial charge in [-0.15, -0.1) is 0 Å². The molecule has 2 N–H and O–H groups in total. The Bertz CT molecular complexity index is 1320. The molecular formula is C26H21BrClN3O4. The SMILES string of the molecule is COc1cc(/C=C(/C#N)C(=O)Nc2ccc(C)cc2)cc(Br)c1OCC(=O)Nc1ccccc1Cl. The fourth-order valence-corrected chi connectivity index (χ4v) is 3.76. The molecule has 3 rings (SSSR count). The highest BCUT2D eigenvalue weighted by molar-refractivity contribution is 9.10. The van der Waals surface area contributed by atoms with Crippen LogP contribution in [-0.4, -0.2) is 25.5 Å². The van der Waals surface area contributed by atoms with Crippen LogP contribution in [0.5, 0.6) is 11.5 Å². The third-order valence-corrected chi connectivity index (χ3v) is 5.65. The molecule has 0 spiro atoms. The number of nitrogens with zero attached hydrogens (tertiary/aromatic N) is 1. The van der Waals surface area contributed by atoms with Crippen LogP contribution in [0.2, 0.25) is 5.02 Å². The average Bonchev–Trinajstić information content (AvgIpc) is 2.84. The van der Waals surface area contributed by atoms with E-state index < -0.39 is 11.8 Å². The molecule has 0 fully saturated rings. The molecule has 0 radical (unpaired) electrons. The highest BCUT2D eigenvalue weighted by Gasteiger charge is 2.16. The Morgan fingerprint density at radius 2 is 1.83 bits per heavy atom. The number of aryl methyl sites for hydroxylation is 1. The van der Waals surface area contributed by atoms with Crippen LogP contribution >= 0.6 is 27.5 Å². The number of anilines is 2. The molecule has 35 heavy (non-hydrogen) atoms. The molecule has 0 aromatic heterocycles. The van der Waals surface area contributed by atoms with Gasteiger partial charge in [0.25, 0.3) is 11.8 Å². The Balaban J connectivity index is 1.74. The second-order valence-corrected chi connectivity index (χ2v) is 8.60. The number of carbonyl (C=O) groups excluding carboxylic acids is 2. The zero-order valence-electron chi connectivity index (χ0n) is 18.9. The van der Waals surface area contributed by atoms with Gasteiger partial charge in [0, 0.05) is 5.69 Å². The first kappa shape index (κ1) is 25.8. The van der Waals surface area contributed by atoms with Gasteiger partial charge >= 0.3 is 0 Å². The number of hydrogen-bond donors (Lipinski definition) is 2. The Kier molecular flexibility index (Phi) is 8.90. The molecule has 0 aliphatic carbocycles. The quantitative estimate of drug-likeness (QED) is 0.263. The van der Waals surface area contributed by atoms with Crippen molar-refractivity contribution in [3.63, 3.8) is 0 Å². The van der Waals surface area contributed by atoms with Crippen molar-refractivity contribution in [3.05, 3.63) is 86.9 Å². The largest absolute Gasteiger partial charge is 0.493 e. The van der Waals surface area contributed by atoms with Crippen molar-refractivity contribution in [2.24, 2.45) is 0 Å². The lowest BCUT2D eigenvalue weighted by Crippen LogP contribution is -2.20. The molecule has 3 aromatic carbocycles. The van der Waals surface area contributed by atoms with E-state index in [2.05, 4.69) is 26.6 Å². The summed E-state index contributed by atoms with van der Waals surface area (Å²) < 4.78 is 11.5. The summed E-state index contributed by atoms with van der Waals surface area (Å²) in [6.07, 6.45) is 1.44. The first-order valence-corrected chi connectivity index (χ1v) is 11.5. The van der Waals surface area contributed by atoms with Crippen molar-refractivity contribution >= 4 is 56.8 Å². The van der Waals surface area contributed by atoms with Crippen LogP contribution in [-0.2, 0) is 9.59 Å². The van der Waals surface area contributed by atoms with Crippen LogP contribution in [0.15, 0.2) is 70.7 Å². The second kappa shape index (κ2) is 12.1. The summed E-state index contributed by atoms with van der Waals surface area (Å²) in [5.74, 6) is -0.340. The van der Waals surface area contributed by atoms with Gasteiger partial charge in [0.15, 0.2) is 18.1 Å². The maximum Gasteiger partial charge on any atom is 0.266 e. The smallest absolute Gasteiger partial charge is 0.266 e. The first-order chi connectivity index (χ1) is 16.8. The van der Waals surface area contributed by atoms with Crippen molar-refractivity contribution < 1.29 is 19.1 Å². The fourth-order valence-electron chi connectivity index (χ4n) is 3.00. The lowest BCUT2D eigenvalue weighted by atomic mass is 10.1. The maximum atomic E-state index is 12.6. The molecule has 0 heterocycles. The van der Waals surface area contributed by atoms with E-state index in [9.17, 15) is 14.9 Å². The molecule has 0 unspecified atom stereocenters. The molecule has 9 heteroatoms. The zero-order valence-corrected chi connectivity index (χ0v) is 21.2. The van der Waals surface area contributed by atoms with E-state index in [1.54, 1.807) is 48.5 Å². The molecule has 0 saturated heterocycles. The molecule has 0 atom stereocenters. The van der Waals surface area contributed by atoms with Gasteiger partial charge in [-0.1, -0.05) is 41.4 Å². The highest BCUT2D eigenvalue weighted by Crippen LogP contribution is 2.37. The number of amides is 2. The van der Waals surface area contributed by atoms with Gasteiger partial charge in [-0.25, -0.2) is 0 Å². The lowest BCUT2D eigenvalue weighted by molar-refractivity contribution is -0.118. The molecule has 0 saturated carbocycles. The number of methoxy groups -OCH3 is 1. The van der Waals surface area contributed by atoms with E-state index in [1.807, 2.05) is 25.1 Å². The van der Waals surface area contributed by atoms with E-state index in [-0.39, 0.29) is 12.2 Å². The molecule has 0 bridgehead atoms. The number of ether oxygens (including phenoxy) is 2. The highest BCUT2D eigenvalue weighted by atomic mass is 79.9. The van der Waals surface area contributed by atoms with E-state index in [0.717, 1.165) is 5.56 Å². The number of benzene rings is 3. The number of carbonyl (C=O) groups is 2. The van der Waals surface area contributed by atoms with Crippen LogP contribution < -0.4 is 20.1 Å². The van der Waals surface area contributed by atoms with E-state index >= 15 is 0 Å². The lowest BCUT2D eigenvalue weighted by Gasteiger charge is -2.14. The molecule has 0 aliphatic heterocycles. The van der Waals surface area contributed by atoms with E-state index in [1.165, 1.54) is 13.2 Å². The standard InChI is InChI=1S/C26H21BrClN3O4/c1-16-7-9-19(10-8-16)30-26(33)18(14-29)11-17-12-20(27)25(23(13-17)34-2)35-15-24(32)31-22-6-4-3-5-21(22)28/h3-13H,15H2,1-2H3,(H,30,33)(H,31,32)/b18-11-. The Labute approximate surface area is 216 Å². The van der Waals surface area contributed by atoms with Crippen molar-refractivity contribution in [1.29, 1.82) is 5.26 Å². The van der Waals surface area contributed by atoms with Crippen molar-refractivity contribution in [3.8, 4) is 17.6 Å². The molecule has 7 nitrogen and oxygen atoms in total. The van der Waals surface area contributed by atoms with Gasteiger partial charge in [0.05, 0.1) is 22.3 Å². The number of hydrogen-bond acceptors (Lipinski definition) is 5. The van der Waals surface area contributed by atoms with E-state index in [4.69, 9.17) is 21.1 Å². The molecule has 178 valence electrons. The minimum atomic E-state index is -0.539. The van der Waals surface area contributed by atoms with Gasteiger partial charge in [-0.2, -0.15) is 5.26 Å². The predicted octanol–water partition coefficient (Wildman–Crippen LogP) is 5.98. The summed E-state index contributed by atoms with van der Waals surface area (Å²) in [6, 6.07) is 19.3. The maximum absolute atomic E-state index is 12.6. The summed E-state index contributed by atoms with van der Waals surface area (Å²) in [5, 5.41) is 15.3. The van der Waals surface area contributed by atoms with Gasteiger partial charge in [0.1, 0.15) is 11.6 Å². The topological polar surface area (TPSA) is 100 Å². The van der Waals surface area contributed by atoms with Crippen LogP contribution in [0, 0.1) is 18.3 Å². The number of rotatable bonds is 8. The van der Waals surface area contributed by atoms with Crippen molar-refractivity contribution in [2.45, 2.75) is 6.92 Å². The van der Waals surface area contributed by atoms with Crippen LogP contribution in [0.1, 0.15) is 11.1 Å². The van der Waals surface area contributed by atoms with Crippen molar-refractivity contribution in [2.75, 3.05) is 24.4 Å². The summed E-state index contributed by atoms with van der Waals surface area (Å²) >= 11 is 9.47. The summed E-state index contributed by atoms with van der Waals surface area (Å²) in [7, 11) is 1.45. The van der Waals surface area contributed by atoms with E-state index in [0.29, 0.717) is 37.9 Å². The van der Waals surface area contributed by atoms with Crippen LogP contribution in [0.4, 0.5) is 11.4 Å². The molecule has 2 amide bonds. The second-order valence-electron chi connectivity index (χ2n) is 7.34. The summed E-state index contributed by atoms with van der Waals surface area (Å²) in [5.41, 5.74) is 2.55. The fraction of sp³-hybridized carbons (Fsp3) is 0.115. The Hall–Kier alpha value is -3.80. The van der Waals surface area contributed by atoms with Crippen LogP contribution in [0.3, 0.4) is 0 Å². The minimum Gasteiger partial charge on any atom is -0.493 e. The molecular weight excluding hydrogens is 534 g/mol. The van der Waals surface area contributed by atoms with Crippen LogP contribution in [0.25, 0.3) is 6.08 Å².